The van der Waals surface area contributed by atoms with Crippen molar-refractivity contribution in [1.82, 2.24) is 9.78 Å². The third-order valence-electron chi connectivity index (χ3n) is 3.43. The number of hydrogen-bond donors (Lipinski definition) is 1. The highest BCUT2D eigenvalue weighted by atomic mass is 16.3. The van der Waals surface area contributed by atoms with Gasteiger partial charge in [-0.05, 0) is 49.7 Å². The van der Waals surface area contributed by atoms with E-state index in [1.807, 2.05) is 41.2 Å². The quantitative estimate of drug-likeness (QED) is 0.745. The minimum atomic E-state index is 0.378. The summed E-state index contributed by atoms with van der Waals surface area (Å²) in [5.41, 5.74) is 2.16. The Morgan fingerprint density at radius 3 is 2.95 bits per heavy atom. The summed E-state index contributed by atoms with van der Waals surface area (Å²) in [7, 11) is 0. The Kier molecular flexibility index (Phi) is 4.05. The first-order valence-electron chi connectivity index (χ1n) is 7.20. The van der Waals surface area contributed by atoms with Gasteiger partial charge < -0.3 is 9.73 Å². The van der Waals surface area contributed by atoms with Crippen molar-refractivity contribution in [3.8, 4) is 5.69 Å². The lowest BCUT2D eigenvalue weighted by Crippen LogP contribution is -2.16. The Hall–Kier alpha value is -2.49. The molecule has 2 heterocycles. The summed E-state index contributed by atoms with van der Waals surface area (Å²) in [5, 5.41) is 7.78. The Balaban J connectivity index is 1.60. The zero-order chi connectivity index (χ0) is 14.5. The zero-order valence-electron chi connectivity index (χ0n) is 12.1. The molecular weight excluding hydrogens is 262 g/mol. The molecule has 0 aliphatic carbocycles. The second-order valence-corrected chi connectivity index (χ2v) is 5.16. The van der Waals surface area contributed by atoms with Gasteiger partial charge in [-0.25, -0.2) is 4.68 Å². The number of nitrogens with zero attached hydrogens (tertiary/aromatic N) is 2. The fraction of sp³-hybridized carbons (Fsp3) is 0.235. The molecular formula is C17H19N3O. The number of furan rings is 1. The largest absolute Gasteiger partial charge is 0.469 e. The van der Waals surface area contributed by atoms with Crippen molar-refractivity contribution in [2.24, 2.45) is 0 Å². The molecule has 0 fully saturated rings. The summed E-state index contributed by atoms with van der Waals surface area (Å²) < 4.78 is 7.22. The van der Waals surface area contributed by atoms with Crippen molar-refractivity contribution >= 4 is 5.69 Å². The van der Waals surface area contributed by atoms with E-state index in [4.69, 9.17) is 4.42 Å². The van der Waals surface area contributed by atoms with E-state index >= 15 is 0 Å². The highest BCUT2D eigenvalue weighted by Gasteiger charge is 2.05. The lowest BCUT2D eigenvalue weighted by molar-refractivity contribution is 0.495. The van der Waals surface area contributed by atoms with Crippen molar-refractivity contribution in [2.45, 2.75) is 25.8 Å². The molecule has 0 spiro atoms. The van der Waals surface area contributed by atoms with E-state index in [1.165, 1.54) is 0 Å². The third-order valence-corrected chi connectivity index (χ3v) is 3.43. The highest BCUT2D eigenvalue weighted by Crippen LogP contribution is 2.16. The van der Waals surface area contributed by atoms with Crippen LogP contribution in [-0.2, 0) is 6.42 Å². The molecule has 108 valence electrons. The van der Waals surface area contributed by atoms with Crippen LogP contribution < -0.4 is 5.32 Å². The molecule has 21 heavy (non-hydrogen) atoms. The molecule has 0 radical (unpaired) electrons. The molecule has 0 saturated heterocycles. The van der Waals surface area contributed by atoms with Gasteiger partial charge in [-0.3, -0.25) is 0 Å². The summed E-state index contributed by atoms with van der Waals surface area (Å²) in [4.78, 5) is 0. The monoisotopic (exact) mass is 281 g/mol. The Bertz CT molecular complexity index is 659. The summed E-state index contributed by atoms with van der Waals surface area (Å²) in [6.45, 7) is 2.18. The van der Waals surface area contributed by atoms with Gasteiger partial charge >= 0.3 is 0 Å². The third kappa shape index (κ3) is 3.54. The topological polar surface area (TPSA) is 43.0 Å². The van der Waals surface area contributed by atoms with Crippen molar-refractivity contribution in [2.75, 3.05) is 5.32 Å². The molecule has 0 saturated carbocycles. The Morgan fingerprint density at radius 2 is 2.19 bits per heavy atom. The molecule has 0 aliphatic rings. The van der Waals surface area contributed by atoms with Gasteiger partial charge in [0.1, 0.15) is 5.76 Å². The molecule has 0 amide bonds. The molecule has 3 aromatic rings. The van der Waals surface area contributed by atoms with Crippen molar-refractivity contribution in [3.05, 3.63) is 66.9 Å². The highest BCUT2D eigenvalue weighted by molar-refractivity contribution is 5.51. The van der Waals surface area contributed by atoms with Crippen LogP contribution in [0.3, 0.4) is 0 Å². The van der Waals surface area contributed by atoms with E-state index < -0.39 is 0 Å². The van der Waals surface area contributed by atoms with Gasteiger partial charge in [0, 0.05) is 30.5 Å². The lowest BCUT2D eigenvalue weighted by Gasteiger charge is -2.15. The molecule has 0 bridgehead atoms. The molecule has 4 heteroatoms. The molecule has 0 aliphatic heterocycles. The first-order valence-corrected chi connectivity index (χ1v) is 7.20. The van der Waals surface area contributed by atoms with Crippen LogP contribution in [0.15, 0.2) is 65.5 Å². The van der Waals surface area contributed by atoms with E-state index in [-0.39, 0.29) is 0 Å². The molecule has 1 N–H and O–H groups in total. The normalized spacial score (nSPS) is 12.2. The predicted molar refractivity (Wildman–Crippen MR) is 83.7 cm³/mol. The van der Waals surface area contributed by atoms with Gasteiger partial charge in [0.2, 0.25) is 0 Å². The van der Waals surface area contributed by atoms with Crippen LogP contribution in [0.5, 0.6) is 0 Å². The van der Waals surface area contributed by atoms with Crippen molar-refractivity contribution in [1.29, 1.82) is 0 Å². The van der Waals surface area contributed by atoms with Crippen LogP contribution in [0, 0.1) is 0 Å². The Morgan fingerprint density at radius 1 is 1.24 bits per heavy atom. The van der Waals surface area contributed by atoms with E-state index in [1.54, 1.807) is 12.5 Å². The molecule has 1 atom stereocenters. The minimum Gasteiger partial charge on any atom is -0.469 e. The van der Waals surface area contributed by atoms with E-state index in [9.17, 15) is 0 Å². The average molecular weight is 281 g/mol. The SMILES string of the molecule is CC(CCc1ccco1)Nc1cccc(-n2cccn2)c1. The molecule has 2 aromatic heterocycles. The predicted octanol–water partition coefficient (Wildman–Crippen LogP) is 3.90. The summed E-state index contributed by atoms with van der Waals surface area (Å²) in [5.74, 6) is 1.04. The number of aromatic nitrogens is 2. The lowest BCUT2D eigenvalue weighted by atomic mass is 10.1. The fourth-order valence-electron chi connectivity index (χ4n) is 2.33. The summed E-state index contributed by atoms with van der Waals surface area (Å²) >= 11 is 0. The number of anilines is 1. The average Bonchev–Trinajstić information content (AvgIpc) is 3.19. The van der Waals surface area contributed by atoms with Gasteiger partial charge in [0.15, 0.2) is 0 Å². The first kappa shape index (κ1) is 13.5. The van der Waals surface area contributed by atoms with Crippen LogP contribution in [0.4, 0.5) is 5.69 Å². The second-order valence-electron chi connectivity index (χ2n) is 5.16. The molecule has 3 rings (SSSR count). The van der Waals surface area contributed by atoms with E-state index in [2.05, 4.69) is 29.5 Å². The van der Waals surface area contributed by atoms with Crippen LogP contribution in [-0.4, -0.2) is 15.8 Å². The number of rotatable bonds is 6. The van der Waals surface area contributed by atoms with Crippen molar-refractivity contribution in [3.63, 3.8) is 0 Å². The van der Waals surface area contributed by atoms with Gasteiger partial charge in [-0.15, -0.1) is 0 Å². The minimum absolute atomic E-state index is 0.378. The fourth-order valence-corrected chi connectivity index (χ4v) is 2.33. The smallest absolute Gasteiger partial charge is 0.103 e. The molecule has 1 unspecified atom stereocenters. The van der Waals surface area contributed by atoms with Gasteiger partial charge in [0.05, 0.1) is 12.0 Å². The summed E-state index contributed by atoms with van der Waals surface area (Å²) in [6, 6.07) is 14.5. The van der Waals surface area contributed by atoms with Crippen LogP contribution in [0.2, 0.25) is 0 Å². The second kappa shape index (κ2) is 6.31. The number of nitrogens with one attached hydrogen (secondary N) is 1. The van der Waals surface area contributed by atoms with Crippen LogP contribution in [0.1, 0.15) is 19.1 Å². The Labute approximate surface area is 124 Å². The maximum Gasteiger partial charge on any atom is 0.103 e. The van der Waals surface area contributed by atoms with Crippen LogP contribution in [0.25, 0.3) is 5.69 Å². The molecule has 4 nitrogen and oxygen atoms in total. The summed E-state index contributed by atoms with van der Waals surface area (Å²) in [6.07, 6.45) is 7.42. The first-order chi connectivity index (χ1) is 10.3. The van der Waals surface area contributed by atoms with Gasteiger partial charge in [0.25, 0.3) is 0 Å². The zero-order valence-corrected chi connectivity index (χ0v) is 12.1. The maximum atomic E-state index is 5.36. The van der Waals surface area contributed by atoms with E-state index in [0.29, 0.717) is 6.04 Å². The van der Waals surface area contributed by atoms with Gasteiger partial charge in [-0.2, -0.15) is 5.10 Å². The number of hydrogen-bond acceptors (Lipinski definition) is 3. The van der Waals surface area contributed by atoms with Crippen molar-refractivity contribution < 1.29 is 4.42 Å². The van der Waals surface area contributed by atoms with E-state index in [0.717, 1.165) is 30.0 Å². The number of benzene rings is 1. The molecule has 1 aromatic carbocycles. The maximum absolute atomic E-state index is 5.36. The standard InChI is InChI=1S/C17H19N3O/c1-14(8-9-17-7-3-12-21-17)19-15-5-2-6-16(13-15)20-11-4-10-18-20/h2-7,10-14,19H,8-9H2,1H3. The van der Waals surface area contributed by atoms with Gasteiger partial charge in [-0.1, -0.05) is 6.07 Å². The van der Waals surface area contributed by atoms with Crippen LogP contribution >= 0.6 is 0 Å². The number of aryl methyl sites for hydroxylation is 1.